The molecule has 1 aromatic heterocycles. The van der Waals surface area contributed by atoms with Crippen molar-refractivity contribution in [1.29, 1.82) is 0 Å². The third kappa shape index (κ3) is 4.59. The van der Waals surface area contributed by atoms with Gasteiger partial charge in [0.25, 0.3) is 11.6 Å². The number of nitrogens with one attached hydrogen (secondary N) is 1. The molecule has 1 amide bonds. The van der Waals surface area contributed by atoms with Crippen molar-refractivity contribution in [2.75, 3.05) is 0 Å². The third-order valence-corrected chi connectivity index (χ3v) is 6.48. The summed E-state index contributed by atoms with van der Waals surface area (Å²) >= 11 is 7.25. The summed E-state index contributed by atoms with van der Waals surface area (Å²) in [6, 6.07) is 21.6. The lowest BCUT2D eigenvalue weighted by Crippen LogP contribution is -2.19. The van der Waals surface area contributed by atoms with Gasteiger partial charge in [0.2, 0.25) is 0 Å². The number of rotatable bonds is 5. The number of hydrogen-bond donors (Lipinski definition) is 1. The van der Waals surface area contributed by atoms with Gasteiger partial charge in [-0.3, -0.25) is 14.9 Å². The molecule has 0 radical (unpaired) electrons. The van der Waals surface area contributed by atoms with E-state index in [0.29, 0.717) is 27.3 Å². The van der Waals surface area contributed by atoms with Crippen molar-refractivity contribution in [3.8, 4) is 0 Å². The highest BCUT2D eigenvalue weighted by molar-refractivity contribution is 8.18. The second-order valence-electron chi connectivity index (χ2n) is 7.61. The van der Waals surface area contributed by atoms with Crippen molar-refractivity contribution in [2.24, 2.45) is 4.99 Å². The Morgan fingerprint density at radius 3 is 2.53 bits per heavy atom. The minimum Gasteiger partial charge on any atom is -0.342 e. The molecule has 168 valence electrons. The standard InChI is InChI=1S/C25H17ClN4O3S/c26-18-7-5-16(6-8-18)14-29-15-17(21-3-1-2-4-22(21)29)13-23-24(31)28-25(34-23)27-19-9-11-20(12-10-19)30(32)33/h1-13,15H,14H2,(H,27,28,31)/b23-13-. The number of aromatic nitrogens is 1. The van der Waals surface area contributed by atoms with Gasteiger partial charge in [0.15, 0.2) is 5.17 Å². The first-order valence-electron chi connectivity index (χ1n) is 10.3. The maximum atomic E-state index is 12.6. The average molecular weight is 489 g/mol. The second-order valence-corrected chi connectivity index (χ2v) is 9.08. The molecule has 5 rings (SSSR count). The van der Waals surface area contributed by atoms with Gasteiger partial charge in [0, 0.05) is 46.4 Å². The normalized spacial score (nSPS) is 15.9. The Bertz CT molecular complexity index is 1470. The fourth-order valence-corrected chi connectivity index (χ4v) is 4.65. The van der Waals surface area contributed by atoms with Crippen LogP contribution >= 0.6 is 23.4 Å². The molecule has 9 heteroatoms. The highest BCUT2D eigenvalue weighted by Gasteiger charge is 2.24. The van der Waals surface area contributed by atoms with Gasteiger partial charge in [-0.25, -0.2) is 4.99 Å². The van der Waals surface area contributed by atoms with Gasteiger partial charge in [-0.15, -0.1) is 0 Å². The lowest BCUT2D eigenvalue weighted by molar-refractivity contribution is -0.384. The third-order valence-electron chi connectivity index (χ3n) is 5.31. The number of nitrogens with zero attached hydrogens (tertiary/aromatic N) is 3. The molecule has 1 N–H and O–H groups in total. The number of benzene rings is 3. The zero-order valence-electron chi connectivity index (χ0n) is 17.6. The van der Waals surface area contributed by atoms with Crippen LogP contribution in [-0.4, -0.2) is 20.6 Å². The molecule has 34 heavy (non-hydrogen) atoms. The molecule has 0 bridgehead atoms. The topological polar surface area (TPSA) is 89.5 Å². The Balaban J connectivity index is 1.43. The number of thioether (sulfide) groups is 1. The number of para-hydroxylation sites is 1. The average Bonchev–Trinajstić information content (AvgIpc) is 3.35. The van der Waals surface area contributed by atoms with Crippen molar-refractivity contribution in [3.63, 3.8) is 0 Å². The Hall–Kier alpha value is -3.88. The number of amides is 1. The number of non-ortho nitro benzene ring substituents is 1. The molecule has 7 nitrogen and oxygen atoms in total. The van der Waals surface area contributed by atoms with E-state index in [1.807, 2.05) is 54.7 Å². The van der Waals surface area contributed by atoms with Crippen LogP contribution in [0.25, 0.3) is 17.0 Å². The van der Waals surface area contributed by atoms with Gasteiger partial charge in [-0.2, -0.15) is 0 Å². The number of carbonyl (C=O) groups is 1. The Kier molecular flexibility index (Phi) is 5.91. The van der Waals surface area contributed by atoms with Gasteiger partial charge in [0.1, 0.15) is 0 Å². The van der Waals surface area contributed by atoms with Gasteiger partial charge in [0.05, 0.1) is 15.5 Å². The zero-order valence-corrected chi connectivity index (χ0v) is 19.2. The summed E-state index contributed by atoms with van der Waals surface area (Å²) < 4.78 is 2.15. The van der Waals surface area contributed by atoms with Crippen LogP contribution in [-0.2, 0) is 11.3 Å². The van der Waals surface area contributed by atoms with Crippen molar-refractivity contribution in [2.45, 2.75) is 6.54 Å². The molecule has 3 aromatic carbocycles. The summed E-state index contributed by atoms with van der Waals surface area (Å²) in [5.74, 6) is -0.236. The lowest BCUT2D eigenvalue weighted by Gasteiger charge is -2.05. The summed E-state index contributed by atoms with van der Waals surface area (Å²) in [6.07, 6.45) is 3.89. The van der Waals surface area contributed by atoms with E-state index in [-0.39, 0.29) is 11.6 Å². The number of hydrogen-bond acceptors (Lipinski definition) is 5. The van der Waals surface area contributed by atoms with Gasteiger partial charge >= 0.3 is 0 Å². The van der Waals surface area contributed by atoms with Gasteiger partial charge in [-0.1, -0.05) is 41.9 Å². The number of halogens is 1. The highest BCUT2D eigenvalue weighted by Crippen LogP contribution is 2.31. The maximum absolute atomic E-state index is 12.6. The van der Waals surface area contributed by atoms with E-state index in [4.69, 9.17) is 11.6 Å². The van der Waals surface area contributed by atoms with E-state index < -0.39 is 4.92 Å². The van der Waals surface area contributed by atoms with Crippen molar-refractivity contribution >= 4 is 62.8 Å². The monoisotopic (exact) mass is 488 g/mol. The molecule has 1 aliphatic rings. The van der Waals surface area contributed by atoms with E-state index in [1.54, 1.807) is 12.1 Å². The smallest absolute Gasteiger partial charge is 0.269 e. The van der Waals surface area contributed by atoms with Gasteiger partial charge < -0.3 is 9.88 Å². The minimum atomic E-state index is -0.465. The van der Waals surface area contributed by atoms with Crippen LogP contribution in [0.2, 0.25) is 5.02 Å². The largest absolute Gasteiger partial charge is 0.342 e. The molecule has 2 heterocycles. The summed E-state index contributed by atoms with van der Waals surface area (Å²) in [5, 5.41) is 15.7. The Morgan fingerprint density at radius 2 is 1.79 bits per heavy atom. The van der Waals surface area contributed by atoms with Crippen LogP contribution in [0.4, 0.5) is 11.4 Å². The van der Waals surface area contributed by atoms with Crippen LogP contribution in [0.5, 0.6) is 0 Å². The van der Waals surface area contributed by atoms with Crippen molar-refractivity contribution in [1.82, 2.24) is 9.88 Å². The molecule has 0 saturated carbocycles. The molecule has 0 spiro atoms. The van der Waals surface area contributed by atoms with E-state index in [2.05, 4.69) is 20.9 Å². The fraction of sp³-hybridized carbons (Fsp3) is 0.0400. The second kappa shape index (κ2) is 9.17. The maximum Gasteiger partial charge on any atom is 0.269 e. The number of aliphatic imine (C=N–C) groups is 1. The zero-order chi connectivity index (χ0) is 23.7. The van der Waals surface area contributed by atoms with Crippen LogP contribution in [0, 0.1) is 10.1 Å². The molecule has 0 aliphatic carbocycles. The van der Waals surface area contributed by atoms with E-state index in [0.717, 1.165) is 22.0 Å². The molecule has 1 saturated heterocycles. The molecule has 0 unspecified atom stereocenters. The van der Waals surface area contributed by atoms with Crippen molar-refractivity contribution < 1.29 is 9.72 Å². The summed E-state index contributed by atoms with van der Waals surface area (Å²) in [5.41, 5.74) is 3.62. The Labute approximate surface area is 203 Å². The summed E-state index contributed by atoms with van der Waals surface area (Å²) in [7, 11) is 0. The highest BCUT2D eigenvalue weighted by atomic mass is 35.5. The summed E-state index contributed by atoms with van der Waals surface area (Å²) in [6.45, 7) is 0.674. The molecule has 0 atom stereocenters. The number of nitro benzene ring substituents is 1. The van der Waals surface area contributed by atoms with Crippen LogP contribution < -0.4 is 5.32 Å². The fourth-order valence-electron chi connectivity index (χ4n) is 3.70. The van der Waals surface area contributed by atoms with Crippen molar-refractivity contribution in [3.05, 3.63) is 110 Å². The SMILES string of the molecule is O=C1NC(=Nc2ccc([N+](=O)[O-])cc2)S/C1=C\c1cn(Cc2ccc(Cl)cc2)c2ccccc12. The number of fused-ring (bicyclic) bond motifs is 1. The lowest BCUT2D eigenvalue weighted by atomic mass is 10.1. The van der Waals surface area contributed by atoms with Crippen LogP contribution in [0.1, 0.15) is 11.1 Å². The van der Waals surface area contributed by atoms with E-state index in [9.17, 15) is 14.9 Å². The predicted octanol–water partition coefficient (Wildman–Crippen LogP) is 6.14. The predicted molar refractivity (Wildman–Crippen MR) is 136 cm³/mol. The van der Waals surface area contributed by atoms with E-state index >= 15 is 0 Å². The van der Waals surface area contributed by atoms with Crippen LogP contribution in [0.15, 0.2) is 88.9 Å². The quantitative estimate of drug-likeness (QED) is 0.207. The van der Waals surface area contributed by atoms with Crippen LogP contribution in [0.3, 0.4) is 0 Å². The number of carbonyl (C=O) groups excluding carboxylic acids is 1. The molecule has 1 aliphatic heterocycles. The number of amidine groups is 1. The number of nitro groups is 1. The minimum absolute atomic E-state index is 0.0114. The summed E-state index contributed by atoms with van der Waals surface area (Å²) in [4.78, 5) is 27.9. The van der Waals surface area contributed by atoms with Gasteiger partial charge in [-0.05, 0) is 53.7 Å². The first-order valence-corrected chi connectivity index (χ1v) is 11.5. The first-order chi connectivity index (χ1) is 16.5. The molecular weight excluding hydrogens is 472 g/mol. The molecule has 4 aromatic rings. The first kappa shape index (κ1) is 21.9. The molecule has 1 fully saturated rings. The molecular formula is C25H17ClN4O3S. The van der Waals surface area contributed by atoms with E-state index in [1.165, 1.54) is 23.9 Å². The Morgan fingerprint density at radius 1 is 1.06 bits per heavy atom.